The smallest absolute Gasteiger partial charge is 0.273 e. The molecule has 0 aliphatic carbocycles. The van der Waals surface area contributed by atoms with Crippen LogP contribution in [0.5, 0.6) is 5.75 Å². The third-order valence-electron chi connectivity index (χ3n) is 2.61. The summed E-state index contributed by atoms with van der Waals surface area (Å²) in [4.78, 5) is 12.1. The number of ether oxygens (including phenoxy) is 1. The minimum Gasteiger partial charge on any atom is -0.495 e. The molecule has 0 saturated carbocycles. The fourth-order valence-corrected chi connectivity index (χ4v) is 1.75. The Hall–Kier alpha value is -2.50. The monoisotopic (exact) mass is 274 g/mol. The molecule has 20 heavy (non-hydrogen) atoms. The van der Waals surface area contributed by atoms with Crippen molar-refractivity contribution in [1.29, 1.82) is 0 Å². The van der Waals surface area contributed by atoms with E-state index in [0.717, 1.165) is 0 Å². The quantitative estimate of drug-likeness (QED) is 0.782. The molecule has 0 bridgehead atoms. The zero-order valence-corrected chi connectivity index (χ0v) is 11.7. The molecule has 0 spiro atoms. The van der Waals surface area contributed by atoms with Crippen LogP contribution >= 0.6 is 0 Å². The van der Waals surface area contributed by atoms with Crippen molar-refractivity contribution in [3.05, 3.63) is 36.0 Å². The van der Waals surface area contributed by atoms with Crippen LogP contribution in [0.3, 0.4) is 0 Å². The number of H-pyrrole nitrogens is 1. The predicted octanol–water partition coefficient (Wildman–Crippen LogP) is 2.49. The van der Waals surface area contributed by atoms with Crippen molar-refractivity contribution in [1.82, 2.24) is 10.2 Å². The van der Waals surface area contributed by atoms with Gasteiger partial charge in [0.1, 0.15) is 17.3 Å². The zero-order chi connectivity index (χ0) is 14.5. The van der Waals surface area contributed by atoms with Crippen LogP contribution in [-0.4, -0.2) is 29.3 Å². The first kappa shape index (κ1) is 13.9. The van der Waals surface area contributed by atoms with Gasteiger partial charge < -0.3 is 15.4 Å². The minimum atomic E-state index is -0.265. The van der Waals surface area contributed by atoms with Gasteiger partial charge in [0.15, 0.2) is 0 Å². The predicted molar refractivity (Wildman–Crippen MR) is 78.3 cm³/mol. The number of anilines is 2. The second kappa shape index (κ2) is 6.10. The number of aromatic nitrogens is 2. The number of hydrogen-bond donors (Lipinski definition) is 3. The summed E-state index contributed by atoms with van der Waals surface area (Å²) in [7, 11) is 1.56. The molecule has 3 N–H and O–H groups in total. The molecule has 0 atom stereocenters. The van der Waals surface area contributed by atoms with Gasteiger partial charge in [0.05, 0.1) is 12.8 Å². The topological polar surface area (TPSA) is 79.0 Å². The number of nitrogens with one attached hydrogen (secondary N) is 3. The molecule has 1 heterocycles. The van der Waals surface area contributed by atoms with Crippen molar-refractivity contribution in [3.8, 4) is 5.75 Å². The molecule has 1 aromatic carbocycles. The summed E-state index contributed by atoms with van der Waals surface area (Å²) in [6, 6.07) is 9.16. The van der Waals surface area contributed by atoms with Gasteiger partial charge >= 0.3 is 0 Å². The van der Waals surface area contributed by atoms with Gasteiger partial charge in [-0.25, -0.2) is 0 Å². The second-order valence-corrected chi connectivity index (χ2v) is 4.62. The van der Waals surface area contributed by atoms with E-state index in [9.17, 15) is 4.79 Å². The molecule has 1 amide bonds. The highest BCUT2D eigenvalue weighted by molar-refractivity contribution is 6.04. The Morgan fingerprint density at radius 2 is 2.10 bits per heavy atom. The van der Waals surface area contributed by atoms with Crippen LogP contribution in [0.25, 0.3) is 0 Å². The number of hydrogen-bond acceptors (Lipinski definition) is 4. The SMILES string of the molecule is COc1ccccc1NC(=O)c1cc(NC(C)C)n[nH]1. The first-order valence-corrected chi connectivity index (χ1v) is 6.36. The lowest BCUT2D eigenvalue weighted by Crippen LogP contribution is -2.13. The van der Waals surface area contributed by atoms with Crippen LogP contribution in [0.4, 0.5) is 11.5 Å². The van der Waals surface area contributed by atoms with E-state index in [4.69, 9.17) is 4.74 Å². The molecule has 0 aliphatic rings. The first-order valence-electron chi connectivity index (χ1n) is 6.36. The highest BCUT2D eigenvalue weighted by Crippen LogP contribution is 2.23. The molecular formula is C14H18N4O2. The maximum absolute atomic E-state index is 12.1. The number of para-hydroxylation sites is 2. The van der Waals surface area contributed by atoms with Gasteiger partial charge in [0.2, 0.25) is 0 Å². The summed E-state index contributed by atoms with van der Waals surface area (Å²) < 4.78 is 5.19. The molecule has 1 aromatic heterocycles. The molecule has 6 nitrogen and oxygen atoms in total. The van der Waals surface area contributed by atoms with Crippen molar-refractivity contribution in [2.75, 3.05) is 17.7 Å². The number of carbonyl (C=O) groups excluding carboxylic acids is 1. The van der Waals surface area contributed by atoms with Crippen LogP contribution in [-0.2, 0) is 0 Å². The fourth-order valence-electron chi connectivity index (χ4n) is 1.75. The summed E-state index contributed by atoms with van der Waals surface area (Å²) in [5, 5.41) is 12.6. The van der Waals surface area contributed by atoms with E-state index in [1.165, 1.54) is 0 Å². The van der Waals surface area contributed by atoms with Gasteiger partial charge in [-0.1, -0.05) is 12.1 Å². The zero-order valence-electron chi connectivity index (χ0n) is 11.7. The van der Waals surface area contributed by atoms with Crippen molar-refractivity contribution >= 4 is 17.4 Å². The number of carbonyl (C=O) groups is 1. The summed E-state index contributed by atoms with van der Waals surface area (Å²) >= 11 is 0. The lowest BCUT2D eigenvalue weighted by atomic mass is 10.2. The number of nitrogens with zero attached hydrogens (tertiary/aromatic N) is 1. The molecule has 106 valence electrons. The number of methoxy groups -OCH3 is 1. The third kappa shape index (κ3) is 3.28. The third-order valence-corrected chi connectivity index (χ3v) is 2.61. The number of benzene rings is 1. The van der Waals surface area contributed by atoms with Gasteiger partial charge in [-0.2, -0.15) is 5.10 Å². The van der Waals surface area contributed by atoms with E-state index >= 15 is 0 Å². The summed E-state index contributed by atoms with van der Waals surface area (Å²) in [6.45, 7) is 4.01. The highest BCUT2D eigenvalue weighted by atomic mass is 16.5. The van der Waals surface area contributed by atoms with E-state index < -0.39 is 0 Å². The standard InChI is InChI=1S/C14H18N4O2/c1-9(2)15-13-8-11(17-18-13)14(19)16-10-6-4-5-7-12(10)20-3/h4-9H,1-3H3,(H,16,19)(H2,15,17,18). The lowest BCUT2D eigenvalue weighted by molar-refractivity contribution is 0.102. The molecule has 0 unspecified atom stereocenters. The molecule has 0 radical (unpaired) electrons. The van der Waals surface area contributed by atoms with Crippen molar-refractivity contribution in [3.63, 3.8) is 0 Å². The molecule has 0 saturated heterocycles. The van der Waals surface area contributed by atoms with Crippen LogP contribution in [0, 0.1) is 0 Å². The lowest BCUT2D eigenvalue weighted by Gasteiger charge is -2.08. The molecule has 6 heteroatoms. The molecule has 2 aromatic rings. The van der Waals surface area contributed by atoms with E-state index in [-0.39, 0.29) is 11.9 Å². The summed E-state index contributed by atoms with van der Waals surface area (Å²) in [6.07, 6.45) is 0. The fraction of sp³-hybridized carbons (Fsp3) is 0.286. The van der Waals surface area contributed by atoms with E-state index in [1.54, 1.807) is 25.3 Å². The Morgan fingerprint density at radius 3 is 2.80 bits per heavy atom. The summed E-state index contributed by atoms with van der Waals surface area (Å²) in [5.74, 6) is 0.991. The van der Waals surface area contributed by atoms with Gasteiger partial charge in [-0.15, -0.1) is 0 Å². The average Bonchev–Trinajstić information content (AvgIpc) is 2.87. The second-order valence-electron chi connectivity index (χ2n) is 4.62. The molecule has 0 aliphatic heterocycles. The van der Waals surface area contributed by atoms with E-state index in [1.807, 2.05) is 26.0 Å². The van der Waals surface area contributed by atoms with Crippen molar-refractivity contribution < 1.29 is 9.53 Å². The Balaban J connectivity index is 2.10. The maximum atomic E-state index is 12.1. The van der Waals surface area contributed by atoms with Gasteiger partial charge in [0, 0.05) is 12.1 Å². The van der Waals surface area contributed by atoms with Crippen LogP contribution in [0.15, 0.2) is 30.3 Å². The average molecular weight is 274 g/mol. The Bertz CT molecular complexity index is 592. The number of amides is 1. The van der Waals surface area contributed by atoms with E-state index in [0.29, 0.717) is 22.9 Å². The number of aromatic amines is 1. The van der Waals surface area contributed by atoms with Crippen molar-refractivity contribution in [2.45, 2.75) is 19.9 Å². The normalized spacial score (nSPS) is 10.4. The Kier molecular flexibility index (Phi) is 4.24. The van der Waals surface area contributed by atoms with Gasteiger partial charge in [-0.05, 0) is 26.0 Å². The summed E-state index contributed by atoms with van der Waals surface area (Å²) in [5.41, 5.74) is 1.01. The van der Waals surface area contributed by atoms with Crippen LogP contribution in [0.1, 0.15) is 24.3 Å². The Labute approximate surface area is 117 Å². The maximum Gasteiger partial charge on any atom is 0.273 e. The van der Waals surface area contributed by atoms with E-state index in [2.05, 4.69) is 20.8 Å². The number of rotatable bonds is 5. The molecule has 2 rings (SSSR count). The Morgan fingerprint density at radius 1 is 1.35 bits per heavy atom. The first-order chi connectivity index (χ1) is 9.60. The van der Waals surface area contributed by atoms with Gasteiger partial charge in [0.25, 0.3) is 5.91 Å². The largest absolute Gasteiger partial charge is 0.495 e. The van der Waals surface area contributed by atoms with Crippen LogP contribution < -0.4 is 15.4 Å². The van der Waals surface area contributed by atoms with Crippen LogP contribution in [0.2, 0.25) is 0 Å². The highest BCUT2D eigenvalue weighted by Gasteiger charge is 2.12. The molecule has 0 fully saturated rings. The van der Waals surface area contributed by atoms with Crippen molar-refractivity contribution in [2.24, 2.45) is 0 Å². The molecular weight excluding hydrogens is 256 g/mol. The van der Waals surface area contributed by atoms with Gasteiger partial charge in [-0.3, -0.25) is 9.89 Å². The minimum absolute atomic E-state index is 0.253.